The van der Waals surface area contributed by atoms with Gasteiger partial charge in [0.15, 0.2) is 0 Å². The van der Waals surface area contributed by atoms with E-state index in [0.717, 1.165) is 19.4 Å². The summed E-state index contributed by atoms with van der Waals surface area (Å²) >= 11 is 0. The Morgan fingerprint density at radius 3 is 2.27 bits per heavy atom. The molecule has 0 aromatic heterocycles. The van der Waals surface area contributed by atoms with Crippen LogP contribution in [0.5, 0.6) is 0 Å². The zero-order valence-corrected chi connectivity index (χ0v) is 9.66. The van der Waals surface area contributed by atoms with Crippen LogP contribution in [0.4, 0.5) is 0 Å². The molecule has 0 fully saturated rings. The van der Waals surface area contributed by atoms with Gasteiger partial charge in [0.2, 0.25) is 0 Å². The number of rotatable bonds is 6. The molecule has 1 aromatic carbocycles. The van der Waals surface area contributed by atoms with E-state index in [1.165, 1.54) is 11.1 Å². The summed E-state index contributed by atoms with van der Waals surface area (Å²) < 4.78 is 0. The molecular weight excluding hydrogens is 186 g/mol. The summed E-state index contributed by atoms with van der Waals surface area (Å²) in [5.41, 5.74) is 2.73. The third-order valence-corrected chi connectivity index (χ3v) is 2.37. The highest BCUT2D eigenvalue weighted by atomic mass is 16.3. The molecule has 0 aliphatic carbocycles. The van der Waals surface area contributed by atoms with Gasteiger partial charge in [-0.1, -0.05) is 38.1 Å². The maximum Gasteiger partial charge on any atom is 0.0931 e. The number of hydrogen-bond donors (Lipinski definition) is 2. The molecule has 15 heavy (non-hydrogen) atoms. The Bertz CT molecular complexity index is 266. The topological polar surface area (TPSA) is 32.3 Å². The van der Waals surface area contributed by atoms with Crippen molar-refractivity contribution >= 4 is 0 Å². The number of aliphatic hydroxyl groups is 1. The van der Waals surface area contributed by atoms with Gasteiger partial charge in [-0.2, -0.15) is 0 Å². The SMILES string of the molecule is CC(C)Cc1ccc(CCNCO)cc1. The fourth-order valence-corrected chi connectivity index (χ4v) is 1.63. The van der Waals surface area contributed by atoms with Gasteiger partial charge in [-0.15, -0.1) is 0 Å². The van der Waals surface area contributed by atoms with Crippen LogP contribution in [0.25, 0.3) is 0 Å². The summed E-state index contributed by atoms with van der Waals surface area (Å²) in [5, 5.41) is 11.5. The molecule has 0 saturated carbocycles. The normalized spacial score (nSPS) is 10.9. The van der Waals surface area contributed by atoms with Gasteiger partial charge >= 0.3 is 0 Å². The fourth-order valence-electron chi connectivity index (χ4n) is 1.63. The molecule has 2 heteroatoms. The van der Waals surface area contributed by atoms with Crippen molar-refractivity contribution in [1.29, 1.82) is 0 Å². The van der Waals surface area contributed by atoms with Crippen molar-refractivity contribution in [3.63, 3.8) is 0 Å². The summed E-state index contributed by atoms with van der Waals surface area (Å²) in [7, 11) is 0. The van der Waals surface area contributed by atoms with E-state index in [9.17, 15) is 0 Å². The Balaban J connectivity index is 2.42. The van der Waals surface area contributed by atoms with Gasteiger partial charge in [0.05, 0.1) is 6.73 Å². The van der Waals surface area contributed by atoms with Crippen LogP contribution < -0.4 is 5.32 Å². The second-order valence-electron chi connectivity index (χ2n) is 4.32. The molecule has 0 aliphatic heterocycles. The van der Waals surface area contributed by atoms with E-state index in [0.29, 0.717) is 5.92 Å². The van der Waals surface area contributed by atoms with Crippen molar-refractivity contribution in [3.8, 4) is 0 Å². The Hall–Kier alpha value is -0.860. The molecule has 2 N–H and O–H groups in total. The molecule has 0 heterocycles. The van der Waals surface area contributed by atoms with E-state index in [1.807, 2.05) is 0 Å². The van der Waals surface area contributed by atoms with Crippen molar-refractivity contribution in [2.45, 2.75) is 26.7 Å². The van der Waals surface area contributed by atoms with Gasteiger partial charge in [0.25, 0.3) is 0 Å². The first kappa shape index (κ1) is 12.2. The van der Waals surface area contributed by atoms with Crippen molar-refractivity contribution in [2.24, 2.45) is 5.92 Å². The Morgan fingerprint density at radius 1 is 1.13 bits per heavy atom. The zero-order chi connectivity index (χ0) is 11.1. The fraction of sp³-hybridized carbons (Fsp3) is 0.538. The molecule has 1 aromatic rings. The van der Waals surface area contributed by atoms with Crippen LogP contribution in [0, 0.1) is 5.92 Å². The van der Waals surface area contributed by atoms with Gasteiger partial charge in [-0.25, -0.2) is 0 Å². The first-order valence-corrected chi connectivity index (χ1v) is 5.61. The minimum Gasteiger partial charge on any atom is -0.381 e. The van der Waals surface area contributed by atoms with Crippen molar-refractivity contribution in [1.82, 2.24) is 5.32 Å². The second-order valence-corrected chi connectivity index (χ2v) is 4.32. The predicted octanol–water partition coefficient (Wildman–Crippen LogP) is 1.97. The monoisotopic (exact) mass is 207 g/mol. The summed E-state index contributed by atoms with van der Waals surface area (Å²) in [6.07, 6.45) is 2.12. The molecular formula is C13H21NO. The van der Waals surface area contributed by atoms with E-state index in [-0.39, 0.29) is 6.73 Å². The largest absolute Gasteiger partial charge is 0.381 e. The maximum atomic E-state index is 8.58. The van der Waals surface area contributed by atoms with Crippen molar-refractivity contribution in [3.05, 3.63) is 35.4 Å². The quantitative estimate of drug-likeness (QED) is 0.552. The van der Waals surface area contributed by atoms with Crippen LogP contribution in [0.1, 0.15) is 25.0 Å². The van der Waals surface area contributed by atoms with E-state index in [4.69, 9.17) is 5.11 Å². The van der Waals surface area contributed by atoms with E-state index in [2.05, 4.69) is 43.4 Å². The van der Waals surface area contributed by atoms with Gasteiger partial charge in [-0.3, -0.25) is 5.32 Å². The van der Waals surface area contributed by atoms with Gasteiger partial charge in [-0.05, 0) is 29.9 Å². The first-order valence-electron chi connectivity index (χ1n) is 5.61. The van der Waals surface area contributed by atoms with E-state index < -0.39 is 0 Å². The minimum atomic E-state index is 0.0609. The molecule has 0 spiro atoms. The van der Waals surface area contributed by atoms with Crippen LogP contribution in [-0.4, -0.2) is 18.4 Å². The molecule has 0 aliphatic rings. The third-order valence-electron chi connectivity index (χ3n) is 2.37. The molecule has 2 nitrogen and oxygen atoms in total. The lowest BCUT2D eigenvalue weighted by molar-refractivity contribution is 0.262. The molecule has 0 amide bonds. The highest BCUT2D eigenvalue weighted by Gasteiger charge is 1.98. The molecule has 0 atom stereocenters. The summed E-state index contributed by atoms with van der Waals surface area (Å²) in [6, 6.07) is 8.76. The lowest BCUT2D eigenvalue weighted by Gasteiger charge is -2.06. The summed E-state index contributed by atoms with van der Waals surface area (Å²) in [5.74, 6) is 0.715. The van der Waals surface area contributed by atoms with Crippen molar-refractivity contribution < 1.29 is 5.11 Å². The molecule has 0 unspecified atom stereocenters. The van der Waals surface area contributed by atoms with Crippen LogP contribution in [0.2, 0.25) is 0 Å². The van der Waals surface area contributed by atoms with Gasteiger partial charge in [0, 0.05) is 6.54 Å². The predicted molar refractivity (Wildman–Crippen MR) is 63.8 cm³/mol. The van der Waals surface area contributed by atoms with Crippen LogP contribution >= 0.6 is 0 Å². The number of hydrogen-bond acceptors (Lipinski definition) is 2. The maximum absolute atomic E-state index is 8.58. The molecule has 1 rings (SSSR count). The molecule has 0 radical (unpaired) electrons. The standard InChI is InChI=1S/C13H21NO/c1-11(2)9-13-5-3-12(4-6-13)7-8-14-10-15/h3-6,11,14-15H,7-10H2,1-2H3. The average molecular weight is 207 g/mol. The summed E-state index contributed by atoms with van der Waals surface area (Å²) in [6.45, 7) is 5.36. The minimum absolute atomic E-state index is 0.0609. The Morgan fingerprint density at radius 2 is 1.73 bits per heavy atom. The molecule has 0 saturated heterocycles. The van der Waals surface area contributed by atoms with E-state index in [1.54, 1.807) is 0 Å². The second kappa shape index (κ2) is 6.59. The Kier molecular flexibility index (Phi) is 5.37. The third kappa shape index (κ3) is 4.96. The first-order chi connectivity index (χ1) is 7.22. The molecule has 84 valence electrons. The zero-order valence-electron chi connectivity index (χ0n) is 9.66. The van der Waals surface area contributed by atoms with Crippen LogP contribution in [0.3, 0.4) is 0 Å². The smallest absolute Gasteiger partial charge is 0.0931 e. The number of aliphatic hydroxyl groups excluding tert-OH is 1. The van der Waals surface area contributed by atoms with Gasteiger partial charge in [0.1, 0.15) is 0 Å². The van der Waals surface area contributed by atoms with Crippen LogP contribution in [-0.2, 0) is 12.8 Å². The number of nitrogens with one attached hydrogen (secondary N) is 1. The lowest BCUT2D eigenvalue weighted by atomic mass is 10.0. The Labute approximate surface area is 92.3 Å². The highest BCUT2D eigenvalue weighted by Crippen LogP contribution is 2.09. The lowest BCUT2D eigenvalue weighted by Crippen LogP contribution is -2.17. The van der Waals surface area contributed by atoms with Crippen LogP contribution in [0.15, 0.2) is 24.3 Å². The average Bonchev–Trinajstić information content (AvgIpc) is 2.20. The number of benzene rings is 1. The van der Waals surface area contributed by atoms with Crippen molar-refractivity contribution in [2.75, 3.05) is 13.3 Å². The van der Waals surface area contributed by atoms with Gasteiger partial charge < -0.3 is 5.11 Å². The van der Waals surface area contributed by atoms with E-state index >= 15 is 0 Å². The summed E-state index contributed by atoms with van der Waals surface area (Å²) in [4.78, 5) is 0. The highest BCUT2D eigenvalue weighted by molar-refractivity contribution is 5.23. The molecule has 0 bridgehead atoms.